The molecule has 6 nitrogen and oxygen atoms in total. The Labute approximate surface area is 127 Å². The van der Waals surface area contributed by atoms with Gasteiger partial charge in [0.15, 0.2) is 0 Å². The smallest absolute Gasteiger partial charge is 0.244 e. The SMILES string of the molecule is Cc1c(S(=O)(=O)NC2CCCCC2CN(C)C)cnn1C. The van der Waals surface area contributed by atoms with Gasteiger partial charge in [-0.05, 0) is 39.8 Å². The number of sulfonamides is 1. The maximum absolute atomic E-state index is 12.6. The van der Waals surface area contributed by atoms with Crippen LogP contribution >= 0.6 is 0 Å². The van der Waals surface area contributed by atoms with Crippen LogP contribution in [0.2, 0.25) is 0 Å². The molecule has 1 heterocycles. The summed E-state index contributed by atoms with van der Waals surface area (Å²) < 4.78 is 29.7. The van der Waals surface area contributed by atoms with Gasteiger partial charge in [0.2, 0.25) is 10.0 Å². The summed E-state index contributed by atoms with van der Waals surface area (Å²) in [6, 6.07) is 0.0192. The molecule has 120 valence electrons. The van der Waals surface area contributed by atoms with E-state index < -0.39 is 10.0 Å². The minimum atomic E-state index is -3.49. The van der Waals surface area contributed by atoms with Crippen LogP contribution in [0.1, 0.15) is 31.4 Å². The highest BCUT2D eigenvalue weighted by atomic mass is 32.2. The van der Waals surface area contributed by atoms with Crippen LogP contribution in [0.4, 0.5) is 0 Å². The maximum Gasteiger partial charge on any atom is 0.244 e. The fraction of sp³-hybridized carbons (Fsp3) is 0.786. The van der Waals surface area contributed by atoms with E-state index in [2.05, 4.69) is 14.7 Å². The third-order valence-corrected chi connectivity index (χ3v) is 5.89. The van der Waals surface area contributed by atoms with Crippen molar-refractivity contribution in [3.8, 4) is 0 Å². The van der Waals surface area contributed by atoms with Gasteiger partial charge in [-0.1, -0.05) is 12.8 Å². The van der Waals surface area contributed by atoms with Crippen molar-refractivity contribution in [2.75, 3.05) is 20.6 Å². The number of nitrogens with zero attached hydrogens (tertiary/aromatic N) is 3. The molecule has 1 saturated carbocycles. The van der Waals surface area contributed by atoms with Gasteiger partial charge < -0.3 is 4.90 Å². The topological polar surface area (TPSA) is 67.2 Å². The first-order chi connectivity index (χ1) is 9.81. The summed E-state index contributed by atoms with van der Waals surface area (Å²) in [6.07, 6.45) is 5.70. The second-order valence-corrected chi connectivity index (χ2v) is 7.93. The first kappa shape index (κ1) is 16.5. The Hall–Kier alpha value is -0.920. The lowest BCUT2D eigenvalue weighted by atomic mass is 9.85. The molecule has 0 aromatic carbocycles. The lowest BCUT2D eigenvalue weighted by Gasteiger charge is -2.33. The van der Waals surface area contributed by atoms with Gasteiger partial charge in [-0.15, -0.1) is 0 Å². The van der Waals surface area contributed by atoms with Crippen molar-refractivity contribution in [3.63, 3.8) is 0 Å². The lowest BCUT2D eigenvalue weighted by Crippen LogP contribution is -2.45. The standard InChI is InChI=1S/C14H26N4O2S/c1-11-14(9-15-18(11)4)21(19,20)16-13-8-6-5-7-12(13)10-17(2)3/h9,12-13,16H,5-8,10H2,1-4H3. The predicted molar refractivity (Wildman–Crippen MR) is 82.6 cm³/mol. The number of nitrogens with one attached hydrogen (secondary N) is 1. The zero-order valence-electron chi connectivity index (χ0n) is 13.3. The minimum Gasteiger partial charge on any atom is -0.309 e. The van der Waals surface area contributed by atoms with Crippen LogP contribution in [-0.4, -0.2) is 49.8 Å². The third kappa shape index (κ3) is 3.84. The van der Waals surface area contributed by atoms with Crippen molar-refractivity contribution < 1.29 is 8.42 Å². The van der Waals surface area contributed by atoms with Crippen LogP contribution in [0.15, 0.2) is 11.1 Å². The molecule has 2 rings (SSSR count). The number of aryl methyl sites for hydroxylation is 1. The van der Waals surface area contributed by atoms with Crippen molar-refractivity contribution in [2.24, 2.45) is 13.0 Å². The van der Waals surface area contributed by atoms with E-state index in [9.17, 15) is 8.42 Å². The molecule has 1 aromatic rings. The Morgan fingerprint density at radius 2 is 2.05 bits per heavy atom. The van der Waals surface area contributed by atoms with Gasteiger partial charge in [0.05, 0.1) is 11.9 Å². The Balaban J connectivity index is 2.16. The van der Waals surface area contributed by atoms with E-state index >= 15 is 0 Å². The normalized spacial score (nSPS) is 23.7. The molecule has 0 radical (unpaired) electrons. The van der Waals surface area contributed by atoms with E-state index in [-0.39, 0.29) is 6.04 Å². The van der Waals surface area contributed by atoms with E-state index in [1.807, 2.05) is 14.1 Å². The molecule has 0 amide bonds. The Bertz CT molecular complexity index is 580. The quantitative estimate of drug-likeness (QED) is 0.884. The van der Waals surface area contributed by atoms with Crippen molar-refractivity contribution >= 4 is 10.0 Å². The molecule has 1 aromatic heterocycles. The highest BCUT2D eigenvalue weighted by Gasteiger charge is 2.31. The van der Waals surface area contributed by atoms with Crippen molar-refractivity contribution in [1.82, 2.24) is 19.4 Å². The van der Waals surface area contributed by atoms with Crippen molar-refractivity contribution in [3.05, 3.63) is 11.9 Å². The second-order valence-electron chi connectivity index (χ2n) is 6.25. The summed E-state index contributed by atoms with van der Waals surface area (Å²) in [5.41, 5.74) is 0.669. The summed E-state index contributed by atoms with van der Waals surface area (Å²) in [7, 11) is 2.33. The zero-order valence-corrected chi connectivity index (χ0v) is 14.2. The van der Waals surface area contributed by atoms with Crippen molar-refractivity contribution in [1.29, 1.82) is 0 Å². The molecule has 2 unspecified atom stereocenters. The van der Waals surface area contributed by atoms with Crippen LogP contribution in [0.5, 0.6) is 0 Å². The first-order valence-electron chi connectivity index (χ1n) is 7.47. The molecule has 1 aliphatic carbocycles. The fourth-order valence-corrected chi connectivity index (χ4v) is 4.60. The molecule has 2 atom stereocenters. The third-order valence-electron chi connectivity index (χ3n) is 4.29. The van der Waals surface area contributed by atoms with Crippen molar-refractivity contribution in [2.45, 2.75) is 43.5 Å². The molecule has 1 fully saturated rings. The van der Waals surface area contributed by atoms with Crippen LogP contribution in [0.3, 0.4) is 0 Å². The van der Waals surface area contributed by atoms with Gasteiger partial charge in [0.25, 0.3) is 0 Å². The first-order valence-corrected chi connectivity index (χ1v) is 8.95. The largest absolute Gasteiger partial charge is 0.309 e. The minimum absolute atomic E-state index is 0.0192. The van der Waals surface area contributed by atoms with Gasteiger partial charge >= 0.3 is 0 Å². The highest BCUT2D eigenvalue weighted by Crippen LogP contribution is 2.26. The Morgan fingerprint density at radius 1 is 1.38 bits per heavy atom. The van der Waals surface area contributed by atoms with E-state index in [0.29, 0.717) is 16.5 Å². The summed E-state index contributed by atoms with van der Waals surface area (Å²) in [5.74, 6) is 0.375. The van der Waals surface area contributed by atoms with E-state index in [1.165, 1.54) is 12.6 Å². The maximum atomic E-state index is 12.6. The Morgan fingerprint density at radius 3 is 2.62 bits per heavy atom. The van der Waals surface area contributed by atoms with Crippen LogP contribution in [0, 0.1) is 12.8 Å². The molecule has 1 aliphatic rings. The number of rotatable bonds is 5. The highest BCUT2D eigenvalue weighted by molar-refractivity contribution is 7.89. The summed E-state index contributed by atoms with van der Waals surface area (Å²) >= 11 is 0. The van der Waals surface area contributed by atoms with Crippen LogP contribution in [-0.2, 0) is 17.1 Å². The molecular formula is C14H26N4O2S. The van der Waals surface area contributed by atoms with E-state index in [1.54, 1.807) is 18.7 Å². The molecular weight excluding hydrogens is 288 g/mol. The van der Waals surface area contributed by atoms with Gasteiger partial charge in [0.1, 0.15) is 4.90 Å². The Kier molecular flexibility index (Phi) is 5.06. The summed E-state index contributed by atoms with van der Waals surface area (Å²) in [5, 5.41) is 4.03. The molecule has 0 bridgehead atoms. The average molecular weight is 314 g/mol. The number of hydrogen-bond acceptors (Lipinski definition) is 4. The molecule has 21 heavy (non-hydrogen) atoms. The number of hydrogen-bond donors (Lipinski definition) is 1. The van der Waals surface area contributed by atoms with Gasteiger partial charge in [-0.25, -0.2) is 13.1 Å². The van der Waals surface area contributed by atoms with E-state index in [0.717, 1.165) is 25.8 Å². The number of aromatic nitrogens is 2. The summed E-state index contributed by atoms with van der Waals surface area (Å²) in [6.45, 7) is 2.69. The van der Waals surface area contributed by atoms with Crippen LogP contribution < -0.4 is 4.72 Å². The zero-order chi connectivity index (χ0) is 15.6. The van der Waals surface area contributed by atoms with Gasteiger partial charge in [0, 0.05) is 19.6 Å². The monoisotopic (exact) mass is 314 g/mol. The molecule has 0 spiro atoms. The van der Waals surface area contributed by atoms with Crippen LogP contribution in [0.25, 0.3) is 0 Å². The van der Waals surface area contributed by atoms with E-state index in [4.69, 9.17) is 0 Å². The second kappa shape index (κ2) is 6.46. The van der Waals surface area contributed by atoms with Gasteiger partial charge in [-0.3, -0.25) is 4.68 Å². The fourth-order valence-electron chi connectivity index (χ4n) is 3.06. The lowest BCUT2D eigenvalue weighted by molar-refractivity contribution is 0.224. The molecule has 7 heteroatoms. The molecule has 0 aliphatic heterocycles. The summed E-state index contributed by atoms with van der Waals surface area (Å²) in [4.78, 5) is 2.42. The average Bonchev–Trinajstić information content (AvgIpc) is 2.72. The molecule has 0 saturated heterocycles. The molecule has 1 N–H and O–H groups in total. The van der Waals surface area contributed by atoms with Gasteiger partial charge in [-0.2, -0.15) is 5.10 Å². The predicted octanol–water partition coefficient (Wildman–Crippen LogP) is 1.13.